The van der Waals surface area contributed by atoms with Gasteiger partial charge in [-0.15, -0.1) is 0 Å². The summed E-state index contributed by atoms with van der Waals surface area (Å²) in [4.78, 5) is 2.43. The SMILES string of the molecule is CCOc1cc(CN2CCOCC2CC)cc(Br)c1O. The lowest BCUT2D eigenvalue weighted by Crippen LogP contribution is -2.44. The molecular formula is C15H22BrNO3. The predicted molar refractivity (Wildman–Crippen MR) is 82.3 cm³/mol. The van der Waals surface area contributed by atoms with Crippen molar-refractivity contribution in [3.63, 3.8) is 0 Å². The van der Waals surface area contributed by atoms with Crippen molar-refractivity contribution in [2.75, 3.05) is 26.4 Å². The van der Waals surface area contributed by atoms with Crippen LogP contribution in [0.4, 0.5) is 0 Å². The van der Waals surface area contributed by atoms with Gasteiger partial charge in [0.2, 0.25) is 0 Å². The minimum absolute atomic E-state index is 0.171. The van der Waals surface area contributed by atoms with E-state index in [1.165, 1.54) is 0 Å². The second-order valence-corrected chi connectivity index (χ2v) is 5.82. The van der Waals surface area contributed by atoms with E-state index in [-0.39, 0.29) is 5.75 Å². The summed E-state index contributed by atoms with van der Waals surface area (Å²) in [7, 11) is 0. The maximum atomic E-state index is 9.95. The van der Waals surface area contributed by atoms with Gasteiger partial charge >= 0.3 is 0 Å². The molecule has 4 nitrogen and oxygen atoms in total. The molecule has 1 N–H and O–H groups in total. The van der Waals surface area contributed by atoms with Crippen molar-refractivity contribution in [3.8, 4) is 11.5 Å². The summed E-state index contributed by atoms with van der Waals surface area (Å²) in [6.07, 6.45) is 1.08. The molecule has 1 aliphatic rings. The van der Waals surface area contributed by atoms with Gasteiger partial charge in [0.1, 0.15) is 0 Å². The van der Waals surface area contributed by atoms with Crippen molar-refractivity contribution in [2.45, 2.75) is 32.9 Å². The first-order chi connectivity index (χ1) is 9.65. The highest BCUT2D eigenvalue weighted by atomic mass is 79.9. The third-order valence-corrected chi connectivity index (χ3v) is 4.20. The average molecular weight is 344 g/mol. The number of rotatable bonds is 5. The van der Waals surface area contributed by atoms with E-state index in [9.17, 15) is 5.11 Å². The maximum Gasteiger partial charge on any atom is 0.172 e. The monoisotopic (exact) mass is 343 g/mol. The fourth-order valence-corrected chi connectivity index (χ4v) is 2.98. The van der Waals surface area contributed by atoms with Gasteiger partial charge in [0.15, 0.2) is 11.5 Å². The van der Waals surface area contributed by atoms with Gasteiger partial charge in [0.05, 0.1) is 24.3 Å². The summed E-state index contributed by atoms with van der Waals surface area (Å²) in [5.41, 5.74) is 1.14. The van der Waals surface area contributed by atoms with Crippen molar-refractivity contribution in [2.24, 2.45) is 0 Å². The molecule has 1 aromatic rings. The van der Waals surface area contributed by atoms with Crippen LogP contribution in [0.3, 0.4) is 0 Å². The van der Waals surface area contributed by atoms with Crippen molar-refractivity contribution in [1.82, 2.24) is 4.90 Å². The quantitative estimate of drug-likeness (QED) is 0.891. The zero-order valence-electron chi connectivity index (χ0n) is 12.1. The normalized spacial score (nSPS) is 20.1. The Labute approximate surface area is 128 Å². The number of nitrogens with zero attached hydrogens (tertiary/aromatic N) is 1. The van der Waals surface area contributed by atoms with Crippen molar-refractivity contribution in [3.05, 3.63) is 22.2 Å². The topological polar surface area (TPSA) is 41.9 Å². The van der Waals surface area contributed by atoms with Crippen LogP contribution in [0, 0.1) is 0 Å². The molecule has 0 amide bonds. The summed E-state index contributed by atoms with van der Waals surface area (Å²) in [6.45, 7) is 8.02. The van der Waals surface area contributed by atoms with E-state index < -0.39 is 0 Å². The third-order valence-electron chi connectivity index (χ3n) is 3.59. The zero-order valence-corrected chi connectivity index (χ0v) is 13.6. The Morgan fingerprint density at radius 2 is 2.25 bits per heavy atom. The van der Waals surface area contributed by atoms with Crippen LogP contribution in [0.1, 0.15) is 25.8 Å². The van der Waals surface area contributed by atoms with Crippen molar-refractivity contribution < 1.29 is 14.6 Å². The van der Waals surface area contributed by atoms with Crippen LogP contribution in [-0.4, -0.2) is 42.4 Å². The fraction of sp³-hybridized carbons (Fsp3) is 0.600. The highest BCUT2D eigenvalue weighted by Crippen LogP contribution is 2.36. The Morgan fingerprint density at radius 3 is 2.95 bits per heavy atom. The van der Waals surface area contributed by atoms with E-state index in [0.717, 1.165) is 38.3 Å². The molecule has 0 bridgehead atoms. The molecular weight excluding hydrogens is 322 g/mol. The summed E-state index contributed by atoms with van der Waals surface area (Å²) in [5, 5.41) is 9.95. The summed E-state index contributed by atoms with van der Waals surface area (Å²) >= 11 is 3.39. The fourth-order valence-electron chi connectivity index (χ4n) is 2.49. The van der Waals surface area contributed by atoms with E-state index in [0.29, 0.717) is 22.9 Å². The molecule has 1 saturated heterocycles. The molecule has 1 unspecified atom stereocenters. The molecule has 20 heavy (non-hydrogen) atoms. The van der Waals surface area contributed by atoms with Crippen LogP contribution in [0.5, 0.6) is 11.5 Å². The van der Waals surface area contributed by atoms with E-state index in [1.807, 2.05) is 19.1 Å². The molecule has 0 saturated carbocycles. The van der Waals surface area contributed by atoms with Crippen LogP contribution >= 0.6 is 15.9 Å². The Morgan fingerprint density at radius 1 is 1.45 bits per heavy atom. The van der Waals surface area contributed by atoms with E-state index >= 15 is 0 Å². The molecule has 1 aliphatic heterocycles. The summed E-state index contributed by atoms with van der Waals surface area (Å²) in [5.74, 6) is 0.711. The molecule has 1 heterocycles. The number of ether oxygens (including phenoxy) is 2. The van der Waals surface area contributed by atoms with Crippen LogP contribution in [0.2, 0.25) is 0 Å². The van der Waals surface area contributed by atoms with Gasteiger partial charge in [0, 0.05) is 19.1 Å². The Balaban J connectivity index is 2.15. The summed E-state index contributed by atoms with van der Waals surface area (Å²) < 4.78 is 11.7. The predicted octanol–water partition coefficient (Wildman–Crippen LogP) is 3.16. The first kappa shape index (κ1) is 15.6. The number of phenols is 1. The molecule has 0 aromatic heterocycles. The lowest BCUT2D eigenvalue weighted by atomic mass is 10.1. The molecule has 1 aromatic carbocycles. The second-order valence-electron chi connectivity index (χ2n) is 4.96. The minimum Gasteiger partial charge on any atom is -0.503 e. The van der Waals surface area contributed by atoms with Crippen LogP contribution in [0.15, 0.2) is 16.6 Å². The molecule has 0 spiro atoms. The minimum atomic E-state index is 0.171. The average Bonchev–Trinajstić information content (AvgIpc) is 2.45. The number of morpholine rings is 1. The van der Waals surface area contributed by atoms with Gasteiger partial charge in [-0.05, 0) is 47.0 Å². The third kappa shape index (κ3) is 3.65. The van der Waals surface area contributed by atoms with Crippen LogP contribution in [0.25, 0.3) is 0 Å². The lowest BCUT2D eigenvalue weighted by molar-refractivity contribution is -0.0127. The standard InChI is InChI=1S/C15H22BrNO3/c1-3-12-10-19-6-5-17(12)9-11-7-13(16)15(18)14(8-11)20-4-2/h7-8,12,18H,3-6,9-10H2,1-2H3. The first-order valence-electron chi connectivity index (χ1n) is 7.11. The highest BCUT2D eigenvalue weighted by Gasteiger charge is 2.22. The maximum absolute atomic E-state index is 9.95. The van der Waals surface area contributed by atoms with Gasteiger partial charge < -0.3 is 14.6 Å². The van der Waals surface area contributed by atoms with Gasteiger partial charge in [-0.1, -0.05) is 6.92 Å². The number of phenolic OH excluding ortho intramolecular Hbond substituents is 1. The van der Waals surface area contributed by atoms with Gasteiger partial charge in [-0.2, -0.15) is 0 Å². The smallest absolute Gasteiger partial charge is 0.172 e. The lowest BCUT2D eigenvalue weighted by Gasteiger charge is -2.35. The van der Waals surface area contributed by atoms with Crippen molar-refractivity contribution >= 4 is 15.9 Å². The summed E-state index contributed by atoms with van der Waals surface area (Å²) in [6, 6.07) is 4.35. The number of hydrogen-bond acceptors (Lipinski definition) is 4. The molecule has 1 fully saturated rings. The Hall–Kier alpha value is -0.780. The highest BCUT2D eigenvalue weighted by molar-refractivity contribution is 9.10. The number of aromatic hydroxyl groups is 1. The van der Waals surface area contributed by atoms with Crippen molar-refractivity contribution in [1.29, 1.82) is 0 Å². The molecule has 5 heteroatoms. The number of halogens is 1. The zero-order chi connectivity index (χ0) is 14.5. The molecule has 1 atom stereocenters. The Kier molecular flexibility index (Phi) is 5.69. The number of hydrogen-bond donors (Lipinski definition) is 1. The largest absolute Gasteiger partial charge is 0.503 e. The molecule has 0 aliphatic carbocycles. The van der Waals surface area contributed by atoms with Gasteiger partial charge in [-0.3, -0.25) is 4.90 Å². The van der Waals surface area contributed by atoms with Crippen LogP contribution in [-0.2, 0) is 11.3 Å². The first-order valence-corrected chi connectivity index (χ1v) is 7.91. The van der Waals surface area contributed by atoms with E-state index in [1.54, 1.807) is 0 Å². The molecule has 2 rings (SSSR count). The molecule has 112 valence electrons. The van der Waals surface area contributed by atoms with Gasteiger partial charge in [-0.25, -0.2) is 0 Å². The van der Waals surface area contributed by atoms with Gasteiger partial charge in [0.25, 0.3) is 0 Å². The number of benzene rings is 1. The van der Waals surface area contributed by atoms with E-state index in [4.69, 9.17) is 9.47 Å². The van der Waals surface area contributed by atoms with Crippen LogP contribution < -0.4 is 4.74 Å². The Bertz CT molecular complexity index is 453. The van der Waals surface area contributed by atoms with E-state index in [2.05, 4.69) is 27.8 Å². The molecule has 0 radical (unpaired) electrons. The second kappa shape index (κ2) is 7.29.